The average molecular weight is 443 g/mol. The van der Waals surface area contributed by atoms with E-state index in [0.29, 0.717) is 35.5 Å². The fourth-order valence-electron chi connectivity index (χ4n) is 3.07. The Labute approximate surface area is 171 Å². The molecule has 0 radical (unpaired) electrons. The summed E-state index contributed by atoms with van der Waals surface area (Å²) in [5.41, 5.74) is 1.40. The zero-order valence-electron chi connectivity index (χ0n) is 15.4. The monoisotopic (exact) mass is 442 g/mol. The van der Waals surface area contributed by atoms with Crippen molar-refractivity contribution in [2.45, 2.75) is 19.9 Å². The second-order valence-electron chi connectivity index (χ2n) is 6.41. The van der Waals surface area contributed by atoms with Crippen LogP contribution in [0.5, 0.6) is 11.5 Å². The number of nitriles is 1. The van der Waals surface area contributed by atoms with Gasteiger partial charge in [-0.1, -0.05) is 30.3 Å². The van der Waals surface area contributed by atoms with Gasteiger partial charge in [0.25, 0.3) is 0 Å². The molecule has 0 N–H and O–H groups in total. The maximum Gasteiger partial charge on any atom is 0.316 e. The predicted molar refractivity (Wildman–Crippen MR) is 106 cm³/mol. The first kappa shape index (κ1) is 19.9. The number of likely N-dealkylation sites (tertiary alicyclic amines) is 1. The molecule has 0 aromatic heterocycles. The van der Waals surface area contributed by atoms with Gasteiger partial charge in [-0.2, -0.15) is 5.26 Å². The highest BCUT2D eigenvalue weighted by atomic mass is 79.9. The Kier molecular flexibility index (Phi) is 6.32. The number of rotatable bonds is 6. The molecule has 2 aromatic rings. The Bertz CT molecular complexity index is 924. The molecule has 1 saturated heterocycles. The Morgan fingerprint density at radius 3 is 2.75 bits per heavy atom. The van der Waals surface area contributed by atoms with E-state index < -0.39 is 11.9 Å². The number of benzene rings is 2. The quantitative estimate of drug-likeness (QED) is 0.503. The van der Waals surface area contributed by atoms with Crippen LogP contribution in [0.4, 0.5) is 0 Å². The largest absolute Gasteiger partial charge is 0.490 e. The standard InChI is InChI=1S/C21H19BrN2O4/c1-2-27-18-9-15(11-23)8-17(22)20(18)28-21(26)16-10-19(25)24(13-16)12-14-6-4-3-5-7-14/h3-9,16H,2,10,12-13H2,1H3. The molecule has 7 heteroatoms. The van der Waals surface area contributed by atoms with E-state index in [4.69, 9.17) is 14.7 Å². The van der Waals surface area contributed by atoms with Crippen molar-refractivity contribution >= 4 is 27.8 Å². The van der Waals surface area contributed by atoms with Crippen molar-refractivity contribution in [3.05, 3.63) is 58.1 Å². The number of carbonyl (C=O) groups excluding carboxylic acids is 2. The maximum absolute atomic E-state index is 12.7. The molecule has 0 bridgehead atoms. The lowest BCUT2D eigenvalue weighted by atomic mass is 10.1. The fraction of sp³-hybridized carbons (Fsp3) is 0.286. The molecule has 1 aliphatic heterocycles. The summed E-state index contributed by atoms with van der Waals surface area (Å²) in [5, 5.41) is 9.10. The second-order valence-corrected chi connectivity index (χ2v) is 7.27. The van der Waals surface area contributed by atoms with E-state index in [1.807, 2.05) is 36.4 Å². The molecule has 3 rings (SSSR count). The lowest BCUT2D eigenvalue weighted by molar-refractivity contribution is -0.139. The van der Waals surface area contributed by atoms with Crippen molar-refractivity contribution in [2.75, 3.05) is 13.2 Å². The van der Waals surface area contributed by atoms with E-state index in [1.54, 1.807) is 17.9 Å². The summed E-state index contributed by atoms with van der Waals surface area (Å²) in [6, 6.07) is 14.8. The Balaban J connectivity index is 1.72. The molecule has 1 amide bonds. The lowest BCUT2D eigenvalue weighted by Gasteiger charge is -2.17. The maximum atomic E-state index is 12.7. The Morgan fingerprint density at radius 1 is 1.32 bits per heavy atom. The minimum absolute atomic E-state index is 0.0743. The zero-order valence-corrected chi connectivity index (χ0v) is 16.9. The van der Waals surface area contributed by atoms with Gasteiger partial charge in [0.2, 0.25) is 5.91 Å². The molecule has 1 aliphatic rings. The van der Waals surface area contributed by atoms with Gasteiger partial charge in [-0.25, -0.2) is 0 Å². The zero-order chi connectivity index (χ0) is 20.1. The van der Waals surface area contributed by atoms with Crippen LogP contribution >= 0.6 is 15.9 Å². The molecule has 1 atom stereocenters. The molecular formula is C21H19BrN2O4. The SMILES string of the molecule is CCOc1cc(C#N)cc(Br)c1OC(=O)C1CC(=O)N(Cc2ccccc2)C1. The van der Waals surface area contributed by atoms with Crippen molar-refractivity contribution in [2.24, 2.45) is 5.92 Å². The van der Waals surface area contributed by atoms with Crippen LogP contribution in [0, 0.1) is 17.2 Å². The van der Waals surface area contributed by atoms with Crippen LogP contribution in [-0.4, -0.2) is 29.9 Å². The summed E-state index contributed by atoms with van der Waals surface area (Å²) in [7, 11) is 0. The number of amides is 1. The van der Waals surface area contributed by atoms with Gasteiger partial charge in [0, 0.05) is 25.6 Å². The van der Waals surface area contributed by atoms with Crippen molar-refractivity contribution in [3.63, 3.8) is 0 Å². The predicted octanol–water partition coefficient (Wildman–Crippen LogP) is 3.67. The highest BCUT2D eigenvalue weighted by Gasteiger charge is 2.36. The third-order valence-corrected chi connectivity index (χ3v) is 4.99. The average Bonchev–Trinajstić information content (AvgIpc) is 3.05. The number of carbonyl (C=O) groups is 2. The van der Waals surface area contributed by atoms with E-state index in [1.165, 1.54) is 6.07 Å². The van der Waals surface area contributed by atoms with E-state index >= 15 is 0 Å². The summed E-state index contributed by atoms with van der Waals surface area (Å²) in [4.78, 5) is 26.7. The van der Waals surface area contributed by atoms with Crippen LogP contribution in [0.25, 0.3) is 0 Å². The minimum atomic E-state index is -0.548. The van der Waals surface area contributed by atoms with Gasteiger partial charge in [0.1, 0.15) is 0 Å². The van der Waals surface area contributed by atoms with Gasteiger partial charge in [-0.3, -0.25) is 9.59 Å². The molecule has 2 aromatic carbocycles. The number of esters is 1. The van der Waals surface area contributed by atoms with E-state index in [-0.39, 0.29) is 18.1 Å². The van der Waals surface area contributed by atoms with Crippen LogP contribution in [0.2, 0.25) is 0 Å². The highest BCUT2D eigenvalue weighted by Crippen LogP contribution is 2.37. The van der Waals surface area contributed by atoms with E-state index in [9.17, 15) is 9.59 Å². The van der Waals surface area contributed by atoms with Crippen LogP contribution in [0.15, 0.2) is 46.9 Å². The topological polar surface area (TPSA) is 79.6 Å². The smallest absolute Gasteiger partial charge is 0.316 e. The number of hydrogen-bond donors (Lipinski definition) is 0. The third kappa shape index (κ3) is 4.52. The van der Waals surface area contributed by atoms with Crippen molar-refractivity contribution in [1.82, 2.24) is 4.90 Å². The summed E-state index contributed by atoms with van der Waals surface area (Å²) in [6.07, 6.45) is 0.115. The molecule has 28 heavy (non-hydrogen) atoms. The first-order valence-corrected chi connectivity index (χ1v) is 9.71. The van der Waals surface area contributed by atoms with Gasteiger partial charge in [-0.05, 0) is 34.5 Å². The Hall–Kier alpha value is -2.85. The van der Waals surface area contributed by atoms with Crippen molar-refractivity contribution in [1.29, 1.82) is 5.26 Å². The van der Waals surface area contributed by atoms with Gasteiger partial charge >= 0.3 is 5.97 Å². The number of hydrogen-bond acceptors (Lipinski definition) is 5. The van der Waals surface area contributed by atoms with Gasteiger partial charge in [0.05, 0.1) is 28.6 Å². The lowest BCUT2D eigenvalue weighted by Crippen LogP contribution is -2.27. The Morgan fingerprint density at radius 2 is 2.07 bits per heavy atom. The van der Waals surface area contributed by atoms with Crippen LogP contribution in [0.3, 0.4) is 0 Å². The molecule has 0 spiro atoms. The first-order valence-electron chi connectivity index (χ1n) is 8.91. The summed E-state index contributed by atoms with van der Waals surface area (Å²) >= 11 is 3.33. The number of ether oxygens (including phenoxy) is 2. The van der Waals surface area contributed by atoms with E-state index in [0.717, 1.165) is 5.56 Å². The third-order valence-electron chi connectivity index (χ3n) is 4.41. The first-order chi connectivity index (χ1) is 13.5. The van der Waals surface area contributed by atoms with Crippen molar-refractivity contribution in [3.8, 4) is 17.6 Å². The summed E-state index contributed by atoms with van der Waals surface area (Å²) in [6.45, 7) is 2.94. The number of halogens is 1. The van der Waals surface area contributed by atoms with Crippen LogP contribution in [-0.2, 0) is 16.1 Å². The van der Waals surface area contributed by atoms with Gasteiger partial charge < -0.3 is 14.4 Å². The highest BCUT2D eigenvalue weighted by molar-refractivity contribution is 9.10. The normalized spacial score (nSPS) is 16.0. The summed E-state index contributed by atoms with van der Waals surface area (Å²) < 4.78 is 11.5. The molecule has 1 fully saturated rings. The molecule has 1 unspecified atom stereocenters. The van der Waals surface area contributed by atoms with E-state index in [2.05, 4.69) is 15.9 Å². The van der Waals surface area contributed by atoms with Gasteiger partial charge in [-0.15, -0.1) is 0 Å². The van der Waals surface area contributed by atoms with Crippen LogP contribution in [0.1, 0.15) is 24.5 Å². The minimum Gasteiger partial charge on any atom is -0.490 e. The number of nitrogens with zero attached hydrogens (tertiary/aromatic N) is 2. The molecule has 0 saturated carbocycles. The summed E-state index contributed by atoms with van der Waals surface area (Å²) in [5.74, 6) is -0.578. The van der Waals surface area contributed by atoms with Crippen LogP contribution < -0.4 is 9.47 Å². The molecule has 144 valence electrons. The molecule has 0 aliphatic carbocycles. The molecular weight excluding hydrogens is 424 g/mol. The molecule has 1 heterocycles. The molecule has 6 nitrogen and oxygen atoms in total. The fourth-order valence-corrected chi connectivity index (χ4v) is 3.59. The van der Waals surface area contributed by atoms with Crippen molar-refractivity contribution < 1.29 is 19.1 Å². The second kappa shape index (κ2) is 8.89. The van der Waals surface area contributed by atoms with Gasteiger partial charge in [0.15, 0.2) is 11.5 Å².